The van der Waals surface area contributed by atoms with Gasteiger partial charge in [-0.15, -0.1) is 0 Å². The average molecular weight is 481 g/mol. The summed E-state index contributed by atoms with van der Waals surface area (Å²) in [5, 5.41) is 2.81. The number of rotatable bonds is 9. The molecule has 0 saturated carbocycles. The highest BCUT2D eigenvalue weighted by atomic mass is 79.9. The first-order valence-corrected chi connectivity index (χ1v) is 11.5. The van der Waals surface area contributed by atoms with E-state index in [0.717, 1.165) is 15.6 Å². The third-order valence-corrected chi connectivity index (χ3v) is 5.90. The van der Waals surface area contributed by atoms with Crippen LogP contribution in [0.25, 0.3) is 6.08 Å². The highest BCUT2D eigenvalue weighted by molar-refractivity contribution is 9.10. The lowest BCUT2D eigenvalue weighted by Crippen LogP contribution is -2.31. The molecule has 0 aliphatic rings. The summed E-state index contributed by atoms with van der Waals surface area (Å²) in [6.07, 6.45) is 3.14. The van der Waals surface area contributed by atoms with E-state index in [9.17, 15) is 13.2 Å². The molecule has 0 atom stereocenters. The normalized spacial score (nSPS) is 11.8. The molecular weight excluding hydrogens is 456 g/mol. The molecule has 2 aromatic carbocycles. The Morgan fingerprint density at radius 2 is 1.79 bits per heavy atom. The van der Waals surface area contributed by atoms with Crippen LogP contribution < -0.4 is 14.8 Å². The number of methoxy groups -OCH3 is 1. The van der Waals surface area contributed by atoms with Crippen molar-refractivity contribution in [2.45, 2.75) is 32.2 Å². The van der Waals surface area contributed by atoms with Crippen molar-refractivity contribution in [2.24, 2.45) is 0 Å². The van der Waals surface area contributed by atoms with E-state index in [1.54, 1.807) is 39.2 Å². The number of halogens is 1. The second-order valence-corrected chi connectivity index (χ2v) is 9.46. The first kappa shape index (κ1) is 23.1. The summed E-state index contributed by atoms with van der Waals surface area (Å²) in [4.78, 5) is 12.1. The van der Waals surface area contributed by atoms with Gasteiger partial charge < -0.3 is 10.1 Å². The zero-order chi connectivity index (χ0) is 21.4. The molecule has 0 heterocycles. The van der Waals surface area contributed by atoms with Gasteiger partial charge in [0.25, 0.3) is 0 Å². The van der Waals surface area contributed by atoms with E-state index >= 15 is 0 Å². The van der Waals surface area contributed by atoms with Gasteiger partial charge in [0, 0.05) is 28.7 Å². The summed E-state index contributed by atoms with van der Waals surface area (Å²) in [7, 11) is -1.78. The predicted molar refractivity (Wildman–Crippen MR) is 119 cm³/mol. The quantitative estimate of drug-likeness (QED) is 0.536. The van der Waals surface area contributed by atoms with Crippen LogP contribution in [0.3, 0.4) is 0 Å². The first-order valence-electron chi connectivity index (χ1n) is 9.06. The molecule has 0 aliphatic heterocycles. The van der Waals surface area contributed by atoms with Gasteiger partial charge in [-0.05, 0) is 49.2 Å². The van der Waals surface area contributed by atoms with Crippen molar-refractivity contribution >= 4 is 37.9 Å². The Hall–Kier alpha value is -2.16. The summed E-state index contributed by atoms with van der Waals surface area (Å²) in [6.45, 7) is 3.91. The highest BCUT2D eigenvalue weighted by Crippen LogP contribution is 2.24. The number of ether oxygens (including phenoxy) is 1. The number of hydrogen-bond acceptors (Lipinski definition) is 4. The fraction of sp³-hybridized carbons (Fsp3) is 0.286. The van der Waals surface area contributed by atoms with Crippen molar-refractivity contribution < 1.29 is 17.9 Å². The van der Waals surface area contributed by atoms with Crippen LogP contribution in [0.15, 0.2) is 53.0 Å². The molecule has 1 amide bonds. The van der Waals surface area contributed by atoms with Crippen LogP contribution in [0.4, 0.5) is 0 Å². The Balaban J connectivity index is 1.91. The largest absolute Gasteiger partial charge is 0.496 e. The molecule has 0 fully saturated rings. The number of carbonyl (C=O) groups is 1. The van der Waals surface area contributed by atoms with Crippen molar-refractivity contribution in [1.82, 2.24) is 10.0 Å². The molecule has 0 aromatic heterocycles. The summed E-state index contributed by atoms with van der Waals surface area (Å²) >= 11 is 3.40. The summed E-state index contributed by atoms with van der Waals surface area (Å²) in [5.41, 5.74) is 2.36. The molecule has 2 rings (SSSR count). The van der Waals surface area contributed by atoms with Gasteiger partial charge in [0.05, 0.1) is 12.9 Å². The van der Waals surface area contributed by atoms with Crippen LogP contribution in [0.2, 0.25) is 0 Å². The van der Waals surface area contributed by atoms with Crippen molar-refractivity contribution in [3.63, 3.8) is 0 Å². The minimum absolute atomic E-state index is 0.0744. The van der Waals surface area contributed by atoms with Gasteiger partial charge in [-0.1, -0.05) is 40.2 Å². The second kappa shape index (κ2) is 10.6. The van der Waals surface area contributed by atoms with Gasteiger partial charge in [0.15, 0.2) is 0 Å². The van der Waals surface area contributed by atoms with Crippen LogP contribution in [0.1, 0.15) is 30.5 Å². The monoisotopic (exact) mass is 480 g/mol. The molecule has 2 aromatic rings. The molecule has 0 spiro atoms. The van der Waals surface area contributed by atoms with Crippen LogP contribution >= 0.6 is 15.9 Å². The number of sulfonamides is 1. The summed E-state index contributed by atoms with van der Waals surface area (Å²) in [6, 6.07) is 12.5. The second-order valence-electron chi connectivity index (χ2n) is 6.79. The van der Waals surface area contributed by atoms with Crippen LogP contribution in [0.5, 0.6) is 5.75 Å². The van der Waals surface area contributed by atoms with Crippen molar-refractivity contribution in [3.05, 3.63) is 69.7 Å². The van der Waals surface area contributed by atoms with Gasteiger partial charge in [-0.2, -0.15) is 0 Å². The maximum atomic E-state index is 12.1. The maximum Gasteiger partial charge on any atom is 0.244 e. The molecule has 2 N–H and O–H groups in total. The van der Waals surface area contributed by atoms with Gasteiger partial charge in [-0.3, -0.25) is 4.79 Å². The fourth-order valence-electron chi connectivity index (χ4n) is 2.62. The molecule has 29 heavy (non-hydrogen) atoms. The average Bonchev–Trinajstić information content (AvgIpc) is 2.64. The van der Waals surface area contributed by atoms with Gasteiger partial charge >= 0.3 is 0 Å². The van der Waals surface area contributed by atoms with E-state index in [1.807, 2.05) is 30.3 Å². The van der Waals surface area contributed by atoms with Gasteiger partial charge in [0.1, 0.15) is 5.75 Å². The van der Waals surface area contributed by atoms with Gasteiger partial charge in [0.2, 0.25) is 15.9 Å². The van der Waals surface area contributed by atoms with E-state index in [2.05, 4.69) is 26.0 Å². The van der Waals surface area contributed by atoms with E-state index in [0.29, 0.717) is 17.9 Å². The SMILES string of the molecule is COc1ccc(Br)cc1/C=C/C(=O)NCc1ccc(CS(=O)(=O)NC(C)C)cc1. The molecular formula is C21H25BrN2O4S. The highest BCUT2D eigenvalue weighted by Gasteiger charge is 2.12. The third kappa shape index (κ3) is 8.00. The standard InChI is InChI=1S/C21H25BrN2O4S/c1-15(2)24-29(26,27)14-17-6-4-16(5-7-17)13-23-21(25)11-8-18-12-19(22)9-10-20(18)28-3/h4-12,15,24H,13-14H2,1-3H3,(H,23,25)/b11-8+. The Morgan fingerprint density at radius 1 is 1.14 bits per heavy atom. The van der Waals surface area contributed by atoms with Crippen molar-refractivity contribution in [1.29, 1.82) is 0 Å². The number of benzene rings is 2. The Bertz CT molecular complexity index is 971. The summed E-state index contributed by atoms with van der Waals surface area (Å²) < 4.78 is 32.7. The van der Waals surface area contributed by atoms with E-state index < -0.39 is 10.0 Å². The zero-order valence-corrected chi connectivity index (χ0v) is 19.0. The van der Waals surface area contributed by atoms with Crippen LogP contribution in [0, 0.1) is 0 Å². The van der Waals surface area contributed by atoms with E-state index in [4.69, 9.17) is 4.74 Å². The molecule has 0 unspecified atom stereocenters. The molecule has 0 bridgehead atoms. The molecule has 0 saturated heterocycles. The molecule has 6 nitrogen and oxygen atoms in total. The first-order chi connectivity index (χ1) is 13.7. The summed E-state index contributed by atoms with van der Waals surface area (Å²) in [5.74, 6) is 0.365. The maximum absolute atomic E-state index is 12.1. The number of amides is 1. The van der Waals surface area contributed by atoms with E-state index in [1.165, 1.54) is 6.08 Å². The molecule has 156 valence electrons. The van der Waals surface area contributed by atoms with Crippen molar-refractivity contribution in [3.8, 4) is 5.75 Å². The zero-order valence-electron chi connectivity index (χ0n) is 16.6. The third-order valence-electron chi connectivity index (χ3n) is 3.87. The lowest BCUT2D eigenvalue weighted by Gasteiger charge is -2.10. The number of hydrogen-bond donors (Lipinski definition) is 2. The molecule has 0 radical (unpaired) electrons. The number of nitrogens with one attached hydrogen (secondary N) is 2. The van der Waals surface area contributed by atoms with Gasteiger partial charge in [-0.25, -0.2) is 13.1 Å². The van der Waals surface area contributed by atoms with E-state index in [-0.39, 0.29) is 17.7 Å². The van der Waals surface area contributed by atoms with Crippen LogP contribution in [-0.2, 0) is 27.1 Å². The van der Waals surface area contributed by atoms with Crippen molar-refractivity contribution in [2.75, 3.05) is 7.11 Å². The Labute approximate surface area is 180 Å². The number of carbonyl (C=O) groups excluding carboxylic acids is 1. The fourth-order valence-corrected chi connectivity index (χ4v) is 4.43. The minimum Gasteiger partial charge on any atom is -0.496 e. The Morgan fingerprint density at radius 3 is 2.41 bits per heavy atom. The predicted octanol–water partition coefficient (Wildman–Crippen LogP) is 3.62. The topological polar surface area (TPSA) is 84.5 Å². The minimum atomic E-state index is -3.36. The lowest BCUT2D eigenvalue weighted by atomic mass is 10.1. The molecule has 0 aliphatic carbocycles. The Kier molecular flexibility index (Phi) is 8.43. The smallest absolute Gasteiger partial charge is 0.244 e. The molecule has 8 heteroatoms. The lowest BCUT2D eigenvalue weighted by molar-refractivity contribution is -0.116. The van der Waals surface area contributed by atoms with Crippen LogP contribution in [-0.4, -0.2) is 27.5 Å².